The average molecular weight is 360 g/mol. The van der Waals surface area contributed by atoms with Gasteiger partial charge < -0.3 is 10.4 Å². The number of aromatic nitrogens is 7. The Morgan fingerprint density at radius 2 is 2.23 bits per heavy atom. The molecule has 0 spiro atoms. The van der Waals surface area contributed by atoms with E-state index in [0.29, 0.717) is 24.6 Å². The Morgan fingerprint density at radius 1 is 1.42 bits per heavy atom. The second-order valence-electron chi connectivity index (χ2n) is 4.83. The highest BCUT2D eigenvalue weighted by Gasteiger charge is 2.09. The van der Waals surface area contributed by atoms with Gasteiger partial charge in [0.1, 0.15) is 18.5 Å². The van der Waals surface area contributed by atoms with Crippen molar-refractivity contribution in [2.24, 2.45) is 0 Å². The van der Waals surface area contributed by atoms with Crippen molar-refractivity contribution in [3.63, 3.8) is 0 Å². The number of nitrogens with one attached hydrogen (secondary N) is 3. The van der Waals surface area contributed by atoms with Crippen LogP contribution in [-0.4, -0.2) is 52.4 Å². The van der Waals surface area contributed by atoms with Gasteiger partial charge in [0.05, 0.1) is 0 Å². The smallest absolute Gasteiger partial charge is 0.340 e. The number of hydrogen-bond donors (Lipinski definition) is 4. The van der Waals surface area contributed by atoms with Crippen molar-refractivity contribution in [2.75, 3.05) is 0 Å². The molecule has 0 bridgehead atoms. The lowest BCUT2D eigenvalue weighted by atomic mass is 10.2. The number of aromatic amines is 2. The molecule has 4 N–H and O–H groups in total. The van der Waals surface area contributed by atoms with Crippen LogP contribution in [0.3, 0.4) is 0 Å². The van der Waals surface area contributed by atoms with Crippen LogP contribution in [0, 0.1) is 0 Å². The highest BCUT2D eigenvalue weighted by molar-refractivity contribution is 5.76. The summed E-state index contributed by atoms with van der Waals surface area (Å²) in [6.07, 6.45) is 5.19. The van der Waals surface area contributed by atoms with Crippen LogP contribution < -0.4 is 11.0 Å². The predicted molar refractivity (Wildman–Crippen MR) is 87.2 cm³/mol. The highest BCUT2D eigenvalue weighted by atomic mass is 16.3. The van der Waals surface area contributed by atoms with E-state index in [1.807, 2.05) is 6.07 Å². The molecule has 0 unspecified atom stereocenters. The maximum Gasteiger partial charge on any atom is 0.340 e. The standard InChI is InChI=1S/C13H14N8O2.CH2O2/c22-11(4-3-10-18-13(23)20-19-10)16-6-9-2-1-5-15-12(9)21-8-14-7-17-21;2-1-3/h1-2,5,7-8H,3-4,6H2,(H,16,22)(H2,18,19,20,23);1H,(H,2,3). The first-order valence-corrected chi connectivity index (χ1v) is 7.41. The first-order chi connectivity index (χ1) is 12.6. The lowest BCUT2D eigenvalue weighted by Gasteiger charge is -2.09. The van der Waals surface area contributed by atoms with Gasteiger partial charge in [-0.15, -0.1) is 0 Å². The third-order valence-electron chi connectivity index (χ3n) is 3.12. The molecule has 0 aliphatic rings. The van der Waals surface area contributed by atoms with E-state index in [2.05, 4.69) is 35.6 Å². The highest BCUT2D eigenvalue weighted by Crippen LogP contribution is 2.09. The first-order valence-electron chi connectivity index (χ1n) is 7.41. The summed E-state index contributed by atoms with van der Waals surface area (Å²) in [5, 5.41) is 19.7. The van der Waals surface area contributed by atoms with E-state index < -0.39 is 0 Å². The van der Waals surface area contributed by atoms with Gasteiger partial charge in [0.15, 0.2) is 5.82 Å². The number of H-pyrrole nitrogens is 2. The van der Waals surface area contributed by atoms with Gasteiger partial charge in [-0.25, -0.2) is 24.5 Å². The van der Waals surface area contributed by atoms with Crippen molar-refractivity contribution in [1.29, 1.82) is 0 Å². The number of hydrogen-bond acceptors (Lipinski definition) is 7. The summed E-state index contributed by atoms with van der Waals surface area (Å²) in [6.45, 7) is 0.0684. The maximum atomic E-state index is 11.9. The zero-order valence-corrected chi connectivity index (χ0v) is 13.5. The van der Waals surface area contributed by atoms with Crippen molar-refractivity contribution in [3.05, 3.63) is 52.9 Å². The Balaban J connectivity index is 0.000000758. The fraction of sp³-hybridized carbons (Fsp3) is 0.214. The summed E-state index contributed by atoms with van der Waals surface area (Å²) < 4.78 is 1.54. The molecular weight excluding hydrogens is 344 g/mol. The molecule has 0 saturated carbocycles. The Hall–Kier alpha value is -3.83. The summed E-state index contributed by atoms with van der Waals surface area (Å²) in [6, 6.07) is 3.64. The largest absolute Gasteiger partial charge is 0.483 e. The molecule has 0 aliphatic heterocycles. The molecule has 3 aromatic rings. The van der Waals surface area contributed by atoms with Crippen LogP contribution in [0.1, 0.15) is 17.8 Å². The number of aryl methyl sites for hydroxylation is 1. The van der Waals surface area contributed by atoms with Gasteiger partial charge in [0, 0.05) is 31.1 Å². The average Bonchev–Trinajstić information content (AvgIpc) is 3.31. The number of rotatable bonds is 6. The third-order valence-corrected chi connectivity index (χ3v) is 3.12. The van der Waals surface area contributed by atoms with E-state index in [9.17, 15) is 9.59 Å². The molecule has 0 saturated heterocycles. The molecule has 26 heavy (non-hydrogen) atoms. The molecule has 3 rings (SSSR count). The van der Waals surface area contributed by atoms with Crippen molar-refractivity contribution >= 4 is 12.4 Å². The van der Waals surface area contributed by atoms with E-state index in [1.54, 1.807) is 18.6 Å². The lowest BCUT2D eigenvalue weighted by Crippen LogP contribution is -2.24. The van der Waals surface area contributed by atoms with Crippen LogP contribution in [0.4, 0.5) is 0 Å². The topological polar surface area (TPSA) is 172 Å². The van der Waals surface area contributed by atoms with Crippen LogP contribution in [0.2, 0.25) is 0 Å². The zero-order chi connectivity index (χ0) is 18.8. The molecule has 0 aromatic carbocycles. The minimum absolute atomic E-state index is 0.151. The number of carbonyl (C=O) groups excluding carboxylic acids is 1. The SMILES string of the molecule is O=C(CCc1n[nH]c(=O)[nH]1)NCc1cccnc1-n1cncn1.O=CO. The number of carbonyl (C=O) groups is 2. The van der Waals surface area contributed by atoms with Gasteiger partial charge in [-0.3, -0.25) is 14.6 Å². The number of carboxylic acid groups (broad SMARTS) is 1. The Kier molecular flexibility index (Phi) is 6.74. The van der Waals surface area contributed by atoms with Crippen LogP contribution >= 0.6 is 0 Å². The molecular formula is C14H16N8O4. The molecule has 1 amide bonds. The van der Waals surface area contributed by atoms with Crippen LogP contribution in [0.15, 0.2) is 35.8 Å². The summed E-state index contributed by atoms with van der Waals surface area (Å²) in [5.41, 5.74) is 0.438. The summed E-state index contributed by atoms with van der Waals surface area (Å²) in [5.74, 6) is 0.916. The van der Waals surface area contributed by atoms with Gasteiger partial charge in [-0.2, -0.15) is 10.2 Å². The van der Waals surface area contributed by atoms with Crippen LogP contribution in [0.25, 0.3) is 5.82 Å². The van der Waals surface area contributed by atoms with E-state index in [-0.39, 0.29) is 24.5 Å². The molecule has 0 aliphatic carbocycles. The molecule has 136 valence electrons. The summed E-state index contributed by atoms with van der Waals surface area (Å²) in [4.78, 5) is 41.8. The van der Waals surface area contributed by atoms with Gasteiger partial charge in [0.2, 0.25) is 5.91 Å². The van der Waals surface area contributed by atoms with Gasteiger partial charge in [0.25, 0.3) is 6.47 Å². The van der Waals surface area contributed by atoms with E-state index >= 15 is 0 Å². The minimum atomic E-state index is -0.381. The lowest BCUT2D eigenvalue weighted by molar-refractivity contribution is -0.123. The fourth-order valence-electron chi connectivity index (χ4n) is 2.03. The van der Waals surface area contributed by atoms with Crippen molar-refractivity contribution in [3.8, 4) is 5.82 Å². The van der Waals surface area contributed by atoms with E-state index in [4.69, 9.17) is 9.90 Å². The molecule has 0 radical (unpaired) electrons. The number of amides is 1. The van der Waals surface area contributed by atoms with Gasteiger partial charge in [-0.1, -0.05) is 6.07 Å². The predicted octanol–water partition coefficient (Wildman–Crippen LogP) is -0.976. The molecule has 12 heteroatoms. The molecule has 3 aromatic heterocycles. The van der Waals surface area contributed by atoms with Crippen molar-refractivity contribution in [2.45, 2.75) is 19.4 Å². The second kappa shape index (κ2) is 9.46. The van der Waals surface area contributed by atoms with Crippen LogP contribution in [-0.2, 0) is 22.6 Å². The number of pyridine rings is 1. The van der Waals surface area contributed by atoms with Gasteiger partial charge in [-0.05, 0) is 6.07 Å². The number of nitrogens with zero attached hydrogens (tertiary/aromatic N) is 5. The quantitative estimate of drug-likeness (QED) is 0.406. The molecule has 3 heterocycles. The fourth-order valence-corrected chi connectivity index (χ4v) is 2.03. The Morgan fingerprint density at radius 3 is 2.88 bits per heavy atom. The molecule has 0 atom stereocenters. The van der Waals surface area contributed by atoms with Crippen molar-refractivity contribution < 1.29 is 14.7 Å². The minimum Gasteiger partial charge on any atom is -0.483 e. The molecule has 0 fully saturated rings. The third kappa shape index (κ3) is 5.36. The Bertz CT molecular complexity index is 886. The zero-order valence-electron chi connectivity index (χ0n) is 13.5. The molecule has 12 nitrogen and oxygen atoms in total. The van der Waals surface area contributed by atoms with Crippen LogP contribution in [0.5, 0.6) is 0 Å². The normalized spacial score (nSPS) is 9.85. The second-order valence-corrected chi connectivity index (χ2v) is 4.83. The monoisotopic (exact) mass is 360 g/mol. The Labute approximate surface area is 146 Å². The van der Waals surface area contributed by atoms with E-state index in [0.717, 1.165) is 5.56 Å². The maximum absolute atomic E-state index is 11.9. The van der Waals surface area contributed by atoms with Crippen molar-refractivity contribution in [1.82, 2.24) is 40.2 Å². The summed E-state index contributed by atoms with van der Waals surface area (Å²) in [7, 11) is 0. The van der Waals surface area contributed by atoms with E-state index in [1.165, 1.54) is 11.0 Å². The first kappa shape index (κ1) is 18.5. The summed E-state index contributed by atoms with van der Waals surface area (Å²) >= 11 is 0. The van der Waals surface area contributed by atoms with Gasteiger partial charge >= 0.3 is 5.69 Å².